The molecule has 0 unspecified atom stereocenters. The van der Waals surface area contributed by atoms with E-state index < -0.39 is 5.97 Å². The van der Waals surface area contributed by atoms with Crippen molar-refractivity contribution >= 4 is 12.2 Å². The van der Waals surface area contributed by atoms with E-state index in [0.717, 1.165) is 0 Å². The quantitative estimate of drug-likeness (QED) is 0.414. The van der Waals surface area contributed by atoms with E-state index in [9.17, 15) is 4.79 Å². The van der Waals surface area contributed by atoms with Gasteiger partial charge in [0.05, 0.1) is 5.57 Å². The van der Waals surface area contributed by atoms with Crippen LogP contribution in [0.1, 0.15) is 0 Å². The van der Waals surface area contributed by atoms with Gasteiger partial charge < -0.3 is 5.11 Å². The second-order valence-electron chi connectivity index (χ2n) is 1.22. The van der Waals surface area contributed by atoms with Crippen LogP contribution in [0.2, 0.25) is 0 Å². The van der Waals surface area contributed by atoms with Crippen LogP contribution in [0, 0.1) is 0 Å². The van der Waals surface area contributed by atoms with Crippen LogP contribution in [0.15, 0.2) is 17.1 Å². The molecule has 0 rings (SSSR count). The van der Waals surface area contributed by atoms with E-state index in [2.05, 4.69) is 11.6 Å². The van der Waals surface area contributed by atoms with Crippen molar-refractivity contribution in [1.82, 2.24) is 0 Å². The van der Waals surface area contributed by atoms with Crippen molar-refractivity contribution in [3.63, 3.8) is 0 Å². The Kier molecular flexibility index (Phi) is 2.54. The largest absolute Gasteiger partial charge is 0.478 e. The molecule has 0 radical (unpaired) electrons. The van der Waals surface area contributed by atoms with Crippen molar-refractivity contribution in [3.8, 4) is 0 Å². The summed E-state index contributed by atoms with van der Waals surface area (Å²) in [4.78, 5) is 13.3. The van der Waals surface area contributed by atoms with Gasteiger partial charge in [-0.3, -0.25) is 4.99 Å². The fourth-order valence-corrected chi connectivity index (χ4v) is 0.211. The molecule has 0 fully saturated rings. The maximum atomic E-state index is 9.90. The molecule has 3 nitrogen and oxygen atoms in total. The lowest BCUT2D eigenvalue weighted by molar-refractivity contribution is -0.131. The molecule has 0 saturated heterocycles. The zero-order valence-corrected chi connectivity index (χ0v) is 4.59. The molecule has 0 aliphatic carbocycles. The van der Waals surface area contributed by atoms with E-state index in [0.29, 0.717) is 0 Å². The number of aliphatic imine (C=N–C) groups is 1. The van der Waals surface area contributed by atoms with Crippen LogP contribution < -0.4 is 0 Å². The lowest BCUT2D eigenvalue weighted by Gasteiger charge is -1.83. The zero-order chi connectivity index (χ0) is 6.57. The first-order chi connectivity index (χ1) is 3.68. The third-order valence-electron chi connectivity index (χ3n) is 0.560. The SMILES string of the molecule is C=C(C=NC)C(=O)O. The van der Waals surface area contributed by atoms with E-state index >= 15 is 0 Å². The Hall–Kier alpha value is -1.12. The Bertz CT molecular complexity index is 137. The highest BCUT2D eigenvalue weighted by molar-refractivity contribution is 6.07. The van der Waals surface area contributed by atoms with E-state index in [4.69, 9.17) is 5.11 Å². The van der Waals surface area contributed by atoms with Gasteiger partial charge in [0, 0.05) is 13.3 Å². The highest BCUT2D eigenvalue weighted by atomic mass is 16.4. The smallest absolute Gasteiger partial charge is 0.336 e. The van der Waals surface area contributed by atoms with Gasteiger partial charge in [-0.25, -0.2) is 4.79 Å². The molecule has 0 aliphatic heterocycles. The third-order valence-corrected chi connectivity index (χ3v) is 0.560. The average molecular weight is 113 g/mol. The van der Waals surface area contributed by atoms with Crippen molar-refractivity contribution < 1.29 is 9.90 Å². The zero-order valence-electron chi connectivity index (χ0n) is 4.59. The normalized spacial score (nSPS) is 9.62. The molecule has 0 saturated carbocycles. The second-order valence-corrected chi connectivity index (χ2v) is 1.22. The summed E-state index contributed by atoms with van der Waals surface area (Å²) in [5.41, 5.74) is 0.00694. The molecule has 0 aromatic rings. The number of carboxylic acid groups (broad SMARTS) is 1. The maximum absolute atomic E-state index is 9.90. The summed E-state index contributed by atoms with van der Waals surface area (Å²) < 4.78 is 0. The van der Waals surface area contributed by atoms with Gasteiger partial charge in [-0.1, -0.05) is 6.58 Å². The van der Waals surface area contributed by atoms with Crippen LogP contribution in [0.5, 0.6) is 0 Å². The van der Waals surface area contributed by atoms with Crippen LogP contribution >= 0.6 is 0 Å². The predicted octanol–water partition coefficient (Wildman–Crippen LogP) is 0.328. The molecule has 8 heavy (non-hydrogen) atoms. The number of hydrogen-bond acceptors (Lipinski definition) is 2. The number of carboxylic acids is 1. The van der Waals surface area contributed by atoms with Gasteiger partial charge in [0.15, 0.2) is 0 Å². The van der Waals surface area contributed by atoms with Gasteiger partial charge in [-0.15, -0.1) is 0 Å². The van der Waals surface area contributed by atoms with Crippen molar-refractivity contribution in [2.45, 2.75) is 0 Å². The van der Waals surface area contributed by atoms with Crippen LogP contribution in [0.4, 0.5) is 0 Å². The molecule has 44 valence electrons. The number of aliphatic carboxylic acids is 1. The third kappa shape index (κ3) is 2.12. The lowest BCUT2D eigenvalue weighted by atomic mass is 10.3. The van der Waals surface area contributed by atoms with Crippen LogP contribution in [-0.2, 0) is 4.79 Å². The van der Waals surface area contributed by atoms with E-state index in [1.807, 2.05) is 0 Å². The van der Waals surface area contributed by atoms with Gasteiger partial charge >= 0.3 is 5.97 Å². The van der Waals surface area contributed by atoms with Crippen molar-refractivity contribution in [1.29, 1.82) is 0 Å². The van der Waals surface area contributed by atoms with E-state index in [1.54, 1.807) is 0 Å². The highest BCUT2D eigenvalue weighted by Gasteiger charge is 1.96. The predicted molar refractivity (Wildman–Crippen MR) is 31.2 cm³/mol. The first-order valence-corrected chi connectivity index (χ1v) is 2.03. The first-order valence-electron chi connectivity index (χ1n) is 2.03. The standard InChI is InChI=1S/C5H7NO2/c1-4(3-6-2)5(7)8/h3H,1H2,2H3,(H,7,8). The van der Waals surface area contributed by atoms with Gasteiger partial charge in [-0.05, 0) is 0 Å². The molecule has 0 aliphatic rings. The van der Waals surface area contributed by atoms with Crippen molar-refractivity contribution in [2.24, 2.45) is 4.99 Å². The number of nitrogens with zero attached hydrogens (tertiary/aromatic N) is 1. The average Bonchev–Trinajstić information content (AvgIpc) is 1.67. The Labute approximate surface area is 47.4 Å². The van der Waals surface area contributed by atoms with Crippen LogP contribution in [0.25, 0.3) is 0 Å². The molecule has 0 atom stereocenters. The minimum Gasteiger partial charge on any atom is -0.478 e. The molecule has 0 aromatic carbocycles. The monoisotopic (exact) mass is 113 g/mol. The number of carbonyl (C=O) groups is 1. The number of rotatable bonds is 2. The summed E-state index contributed by atoms with van der Waals surface area (Å²) in [5, 5.41) is 8.12. The summed E-state index contributed by atoms with van der Waals surface area (Å²) in [5.74, 6) is -1.03. The molecule has 3 heteroatoms. The second kappa shape index (κ2) is 2.96. The minimum atomic E-state index is -1.03. The van der Waals surface area contributed by atoms with Gasteiger partial charge in [0.2, 0.25) is 0 Å². The van der Waals surface area contributed by atoms with Gasteiger partial charge in [0.1, 0.15) is 0 Å². The molecule has 0 amide bonds. The summed E-state index contributed by atoms with van der Waals surface area (Å²) >= 11 is 0. The van der Waals surface area contributed by atoms with Gasteiger partial charge in [-0.2, -0.15) is 0 Å². The van der Waals surface area contributed by atoms with Crippen LogP contribution in [0.3, 0.4) is 0 Å². The molecule has 0 heterocycles. The Balaban J connectivity index is 3.85. The summed E-state index contributed by atoms with van der Waals surface area (Å²) in [6.45, 7) is 3.20. The minimum absolute atomic E-state index is 0.00694. The van der Waals surface area contributed by atoms with Gasteiger partial charge in [0.25, 0.3) is 0 Å². The molecule has 1 N–H and O–H groups in total. The van der Waals surface area contributed by atoms with E-state index in [-0.39, 0.29) is 5.57 Å². The fourth-order valence-electron chi connectivity index (χ4n) is 0.211. The Morgan fingerprint density at radius 1 is 1.88 bits per heavy atom. The maximum Gasteiger partial charge on any atom is 0.336 e. The van der Waals surface area contributed by atoms with E-state index in [1.165, 1.54) is 13.3 Å². The van der Waals surface area contributed by atoms with Crippen molar-refractivity contribution in [2.75, 3.05) is 7.05 Å². The lowest BCUT2D eigenvalue weighted by Crippen LogP contribution is -1.98. The first kappa shape index (κ1) is 6.88. The van der Waals surface area contributed by atoms with Crippen molar-refractivity contribution in [3.05, 3.63) is 12.2 Å². The molecule has 0 bridgehead atoms. The topological polar surface area (TPSA) is 49.7 Å². The summed E-state index contributed by atoms with van der Waals surface area (Å²) in [6, 6.07) is 0. The Morgan fingerprint density at radius 3 is 2.50 bits per heavy atom. The molecular formula is C5H7NO2. The summed E-state index contributed by atoms with van der Waals surface area (Å²) in [7, 11) is 1.49. The molecule has 0 aromatic heterocycles. The molecular weight excluding hydrogens is 106 g/mol. The molecule has 0 spiro atoms. The Morgan fingerprint density at radius 2 is 2.38 bits per heavy atom. The van der Waals surface area contributed by atoms with Crippen LogP contribution in [-0.4, -0.2) is 24.3 Å². The summed E-state index contributed by atoms with van der Waals surface area (Å²) in [6.07, 6.45) is 1.20. The fraction of sp³-hybridized carbons (Fsp3) is 0.200. The number of hydrogen-bond donors (Lipinski definition) is 1. The highest BCUT2D eigenvalue weighted by Crippen LogP contribution is 1.81.